The topological polar surface area (TPSA) is 61.2 Å². The third-order valence-electron chi connectivity index (χ3n) is 3.13. The largest absolute Gasteiger partial charge is 0.265 e. The summed E-state index contributed by atoms with van der Waals surface area (Å²) in [6, 6.07) is 15.5. The van der Waals surface area contributed by atoms with Crippen molar-refractivity contribution in [1.29, 1.82) is 5.26 Å². The highest BCUT2D eigenvalue weighted by molar-refractivity contribution is 7.93. The third kappa shape index (κ3) is 3.41. The van der Waals surface area contributed by atoms with Crippen molar-refractivity contribution in [2.45, 2.75) is 18.2 Å². The Labute approximate surface area is 135 Å². The van der Waals surface area contributed by atoms with Crippen molar-refractivity contribution >= 4 is 27.3 Å². The molecular formula is C16H15ClN2O2S. The molecular weight excluding hydrogens is 320 g/mol. The Morgan fingerprint density at radius 1 is 1.18 bits per heavy atom. The number of nitrogens with zero attached hydrogens (tertiary/aromatic N) is 2. The molecule has 0 aromatic heterocycles. The lowest BCUT2D eigenvalue weighted by molar-refractivity contribution is 0.591. The highest BCUT2D eigenvalue weighted by Crippen LogP contribution is 2.29. The Morgan fingerprint density at radius 3 is 2.50 bits per heavy atom. The first-order chi connectivity index (χ1) is 10.5. The summed E-state index contributed by atoms with van der Waals surface area (Å²) in [5.41, 5.74) is 1.31. The van der Waals surface area contributed by atoms with E-state index in [1.165, 1.54) is 4.31 Å². The van der Waals surface area contributed by atoms with Crippen molar-refractivity contribution < 1.29 is 8.42 Å². The van der Waals surface area contributed by atoms with Gasteiger partial charge in [0.15, 0.2) is 0 Å². The molecule has 0 N–H and O–H groups in total. The van der Waals surface area contributed by atoms with Gasteiger partial charge in [0.1, 0.15) is 4.90 Å². The van der Waals surface area contributed by atoms with Gasteiger partial charge in [-0.2, -0.15) is 5.26 Å². The number of benzene rings is 2. The Bertz CT molecular complexity index is 799. The number of anilines is 1. The lowest BCUT2D eigenvalue weighted by Crippen LogP contribution is -2.32. The predicted octanol–water partition coefficient (Wildman–Crippen LogP) is 3.76. The molecule has 0 saturated carbocycles. The van der Waals surface area contributed by atoms with Gasteiger partial charge in [-0.1, -0.05) is 35.9 Å². The molecule has 0 saturated heterocycles. The van der Waals surface area contributed by atoms with Crippen LogP contribution in [0.3, 0.4) is 0 Å². The smallest absolute Gasteiger partial charge is 0.265 e. The molecule has 22 heavy (non-hydrogen) atoms. The Morgan fingerprint density at radius 2 is 1.86 bits per heavy atom. The molecule has 0 aliphatic carbocycles. The molecule has 2 aromatic rings. The van der Waals surface area contributed by atoms with E-state index in [1.807, 2.05) is 6.07 Å². The van der Waals surface area contributed by atoms with Gasteiger partial charge in [-0.3, -0.25) is 4.31 Å². The standard InChI is InChI=1S/C16H15ClN2O2S/c1-13-8-9-15(17)16(12-13)22(20,21)19(11-5-10-18)14-6-3-2-4-7-14/h2-4,6-9,12H,5,11H2,1H3. The van der Waals surface area contributed by atoms with Crippen molar-refractivity contribution in [2.75, 3.05) is 10.8 Å². The van der Waals surface area contributed by atoms with Gasteiger partial charge < -0.3 is 0 Å². The van der Waals surface area contributed by atoms with E-state index >= 15 is 0 Å². The highest BCUT2D eigenvalue weighted by Gasteiger charge is 2.27. The van der Waals surface area contributed by atoms with Crippen molar-refractivity contribution in [3.8, 4) is 6.07 Å². The first-order valence-electron chi connectivity index (χ1n) is 6.67. The monoisotopic (exact) mass is 334 g/mol. The molecule has 0 unspecified atom stereocenters. The number of nitriles is 1. The summed E-state index contributed by atoms with van der Waals surface area (Å²) in [7, 11) is -3.83. The molecule has 0 radical (unpaired) electrons. The summed E-state index contributed by atoms with van der Waals surface area (Å²) < 4.78 is 27.1. The maximum Gasteiger partial charge on any atom is 0.265 e. The fourth-order valence-corrected chi connectivity index (χ4v) is 4.09. The normalized spacial score (nSPS) is 11.0. The van der Waals surface area contributed by atoms with E-state index in [0.717, 1.165) is 5.56 Å². The van der Waals surface area contributed by atoms with Crippen LogP contribution in [0.2, 0.25) is 5.02 Å². The predicted molar refractivity (Wildman–Crippen MR) is 87.4 cm³/mol. The van der Waals surface area contributed by atoms with Gasteiger partial charge in [0, 0.05) is 6.54 Å². The minimum Gasteiger partial charge on any atom is -0.265 e. The zero-order valence-electron chi connectivity index (χ0n) is 12.0. The second-order valence-electron chi connectivity index (χ2n) is 4.75. The van der Waals surface area contributed by atoms with Gasteiger partial charge in [-0.05, 0) is 36.8 Å². The van der Waals surface area contributed by atoms with E-state index in [1.54, 1.807) is 55.5 Å². The SMILES string of the molecule is Cc1ccc(Cl)c(S(=O)(=O)N(CCC#N)c2ccccc2)c1. The van der Waals surface area contributed by atoms with Crippen LogP contribution in [-0.2, 0) is 10.0 Å². The summed E-state index contributed by atoms with van der Waals surface area (Å²) in [4.78, 5) is 0.0518. The van der Waals surface area contributed by atoms with Crippen LogP contribution < -0.4 is 4.31 Å². The maximum absolute atomic E-state index is 12.9. The molecule has 0 spiro atoms. The average molecular weight is 335 g/mol. The minimum atomic E-state index is -3.83. The maximum atomic E-state index is 12.9. The number of hydrogen-bond acceptors (Lipinski definition) is 3. The third-order valence-corrected chi connectivity index (χ3v) is 5.43. The summed E-state index contributed by atoms with van der Waals surface area (Å²) in [5, 5.41) is 8.97. The van der Waals surface area contributed by atoms with E-state index in [2.05, 4.69) is 0 Å². The van der Waals surface area contributed by atoms with Crippen molar-refractivity contribution in [2.24, 2.45) is 0 Å². The van der Waals surface area contributed by atoms with Crippen LogP contribution in [0.25, 0.3) is 0 Å². The zero-order chi connectivity index (χ0) is 16.2. The number of hydrogen-bond donors (Lipinski definition) is 0. The molecule has 0 bridgehead atoms. The van der Waals surface area contributed by atoms with Crippen molar-refractivity contribution in [3.05, 3.63) is 59.1 Å². The van der Waals surface area contributed by atoms with Crippen LogP contribution in [0.1, 0.15) is 12.0 Å². The van der Waals surface area contributed by atoms with Gasteiger partial charge in [0.25, 0.3) is 10.0 Å². The Hall–Kier alpha value is -2.03. The quantitative estimate of drug-likeness (QED) is 0.836. The average Bonchev–Trinajstić information content (AvgIpc) is 2.51. The second kappa shape index (κ2) is 6.82. The van der Waals surface area contributed by atoms with E-state index in [-0.39, 0.29) is 22.9 Å². The summed E-state index contributed by atoms with van der Waals surface area (Å²) >= 11 is 6.08. The lowest BCUT2D eigenvalue weighted by Gasteiger charge is -2.24. The fourth-order valence-electron chi connectivity index (χ4n) is 2.06. The molecule has 0 heterocycles. The van der Waals surface area contributed by atoms with Gasteiger partial charge in [0.05, 0.1) is 23.2 Å². The van der Waals surface area contributed by atoms with Gasteiger partial charge in [-0.25, -0.2) is 8.42 Å². The highest BCUT2D eigenvalue weighted by atomic mass is 35.5. The lowest BCUT2D eigenvalue weighted by atomic mass is 10.2. The first-order valence-corrected chi connectivity index (χ1v) is 8.49. The van der Waals surface area contributed by atoms with E-state index in [9.17, 15) is 8.42 Å². The molecule has 2 rings (SSSR count). The Kier molecular flexibility index (Phi) is 5.07. The Balaban J connectivity index is 2.55. The van der Waals surface area contributed by atoms with Crippen LogP contribution >= 0.6 is 11.6 Å². The molecule has 6 heteroatoms. The zero-order valence-corrected chi connectivity index (χ0v) is 13.6. The molecule has 114 valence electrons. The molecule has 0 amide bonds. The van der Waals surface area contributed by atoms with Crippen LogP contribution in [0.5, 0.6) is 0 Å². The van der Waals surface area contributed by atoms with E-state index in [0.29, 0.717) is 5.69 Å². The van der Waals surface area contributed by atoms with Crippen LogP contribution in [0.4, 0.5) is 5.69 Å². The fraction of sp³-hybridized carbons (Fsp3) is 0.188. The van der Waals surface area contributed by atoms with E-state index in [4.69, 9.17) is 16.9 Å². The van der Waals surface area contributed by atoms with Crippen LogP contribution in [-0.4, -0.2) is 15.0 Å². The number of para-hydroxylation sites is 1. The number of sulfonamides is 1. The molecule has 0 aliphatic heterocycles. The van der Waals surface area contributed by atoms with Crippen LogP contribution in [0, 0.1) is 18.3 Å². The minimum absolute atomic E-state index is 0.0518. The van der Waals surface area contributed by atoms with Gasteiger partial charge in [-0.15, -0.1) is 0 Å². The molecule has 4 nitrogen and oxygen atoms in total. The molecule has 0 atom stereocenters. The van der Waals surface area contributed by atoms with Gasteiger partial charge >= 0.3 is 0 Å². The summed E-state index contributed by atoms with van der Waals surface area (Å²) in [6.45, 7) is 1.88. The van der Waals surface area contributed by atoms with Gasteiger partial charge in [0.2, 0.25) is 0 Å². The molecule has 2 aromatic carbocycles. The number of aryl methyl sites for hydroxylation is 1. The number of rotatable bonds is 5. The summed E-state index contributed by atoms with van der Waals surface area (Å²) in [6.07, 6.45) is 0.0948. The second-order valence-corrected chi connectivity index (χ2v) is 6.99. The summed E-state index contributed by atoms with van der Waals surface area (Å²) in [5.74, 6) is 0. The molecule has 0 fully saturated rings. The van der Waals surface area contributed by atoms with Crippen LogP contribution in [0.15, 0.2) is 53.4 Å². The number of halogens is 1. The molecule has 0 aliphatic rings. The van der Waals surface area contributed by atoms with Crippen molar-refractivity contribution in [3.63, 3.8) is 0 Å². The van der Waals surface area contributed by atoms with Crippen molar-refractivity contribution in [1.82, 2.24) is 0 Å². The van der Waals surface area contributed by atoms with E-state index < -0.39 is 10.0 Å². The first kappa shape index (κ1) is 16.3.